The molecule has 0 radical (unpaired) electrons. The molecule has 0 spiro atoms. The number of para-hydroxylation sites is 4. The number of hydrogen-bond acceptors (Lipinski definition) is 4. The van der Waals surface area contributed by atoms with Crippen LogP contribution in [0.3, 0.4) is 0 Å². The molecule has 0 saturated carbocycles. The molecular formula is C38H22N4O. The molecule has 0 saturated heterocycles. The van der Waals surface area contributed by atoms with Crippen LogP contribution in [0.25, 0.3) is 61.2 Å². The van der Waals surface area contributed by atoms with E-state index in [0.717, 1.165) is 50.5 Å². The van der Waals surface area contributed by atoms with Gasteiger partial charge in [-0.3, -0.25) is 0 Å². The van der Waals surface area contributed by atoms with E-state index >= 15 is 0 Å². The van der Waals surface area contributed by atoms with Crippen molar-refractivity contribution in [1.29, 1.82) is 5.26 Å². The third kappa shape index (κ3) is 3.47. The maximum absolute atomic E-state index is 9.12. The monoisotopic (exact) mass is 550 g/mol. The van der Waals surface area contributed by atoms with E-state index in [-0.39, 0.29) is 0 Å². The lowest BCUT2D eigenvalue weighted by atomic mass is 10.0. The summed E-state index contributed by atoms with van der Waals surface area (Å²) in [5, 5.41) is 11.6. The summed E-state index contributed by atoms with van der Waals surface area (Å²) >= 11 is 0. The summed E-state index contributed by atoms with van der Waals surface area (Å²) in [4.78, 5) is 7.06. The lowest BCUT2D eigenvalue weighted by Gasteiger charge is -2.33. The van der Waals surface area contributed by atoms with Crippen LogP contribution < -0.4 is 4.90 Å². The first kappa shape index (κ1) is 23.6. The molecule has 200 valence electrons. The molecule has 9 rings (SSSR count). The third-order valence-corrected chi connectivity index (χ3v) is 8.36. The Kier molecular flexibility index (Phi) is 4.90. The summed E-state index contributed by atoms with van der Waals surface area (Å²) in [7, 11) is 0. The summed E-state index contributed by atoms with van der Waals surface area (Å²) in [6.45, 7) is 0. The fourth-order valence-corrected chi connectivity index (χ4v) is 6.42. The Morgan fingerprint density at radius 3 is 2.21 bits per heavy atom. The first-order valence-electron chi connectivity index (χ1n) is 14.2. The minimum absolute atomic E-state index is 0.541. The van der Waals surface area contributed by atoms with Crippen LogP contribution >= 0.6 is 0 Å². The highest BCUT2D eigenvalue weighted by atomic mass is 16.3. The van der Waals surface area contributed by atoms with Crippen LogP contribution in [0.5, 0.6) is 0 Å². The zero-order valence-electron chi connectivity index (χ0n) is 22.9. The molecule has 0 atom stereocenters. The molecule has 0 amide bonds. The van der Waals surface area contributed by atoms with Gasteiger partial charge in [-0.25, -0.2) is 4.98 Å². The highest BCUT2D eigenvalue weighted by molar-refractivity contribution is 6.16. The second-order valence-corrected chi connectivity index (χ2v) is 10.8. The molecule has 1 aliphatic rings. The largest absolute Gasteiger partial charge is 0.436 e. The molecule has 3 heterocycles. The van der Waals surface area contributed by atoms with Crippen LogP contribution in [-0.2, 0) is 0 Å². The number of nitriles is 1. The first-order valence-corrected chi connectivity index (χ1v) is 14.2. The van der Waals surface area contributed by atoms with Crippen molar-refractivity contribution >= 4 is 50.0 Å². The zero-order valence-corrected chi connectivity index (χ0v) is 22.9. The topological polar surface area (TPSA) is 58.0 Å². The van der Waals surface area contributed by atoms with Gasteiger partial charge < -0.3 is 13.9 Å². The van der Waals surface area contributed by atoms with E-state index in [1.54, 1.807) is 12.1 Å². The predicted octanol–water partition coefficient (Wildman–Crippen LogP) is 9.91. The summed E-state index contributed by atoms with van der Waals surface area (Å²) in [5.74, 6) is 0.541. The molecular weight excluding hydrogens is 528 g/mol. The molecule has 0 aliphatic carbocycles. The van der Waals surface area contributed by atoms with Crippen LogP contribution in [-0.4, -0.2) is 9.55 Å². The van der Waals surface area contributed by atoms with Crippen LogP contribution in [0.4, 0.5) is 17.1 Å². The minimum Gasteiger partial charge on any atom is -0.436 e. The Hall–Kier alpha value is -6.12. The zero-order chi connectivity index (χ0) is 28.5. The van der Waals surface area contributed by atoms with Crippen LogP contribution in [0.2, 0.25) is 0 Å². The number of fused-ring (bicyclic) bond motifs is 6. The molecule has 5 nitrogen and oxygen atoms in total. The van der Waals surface area contributed by atoms with Crippen molar-refractivity contribution in [3.63, 3.8) is 0 Å². The van der Waals surface area contributed by atoms with Gasteiger partial charge >= 0.3 is 0 Å². The lowest BCUT2D eigenvalue weighted by molar-refractivity contribution is 0.620. The average Bonchev–Trinajstić information content (AvgIpc) is 3.65. The molecule has 8 aromatic rings. The van der Waals surface area contributed by atoms with E-state index in [4.69, 9.17) is 14.7 Å². The number of hydrogen-bond donors (Lipinski definition) is 0. The van der Waals surface area contributed by atoms with Crippen LogP contribution in [0, 0.1) is 11.3 Å². The fourth-order valence-electron chi connectivity index (χ4n) is 6.42. The summed E-state index contributed by atoms with van der Waals surface area (Å²) < 4.78 is 8.58. The SMILES string of the molecule is N#Cc1ccc(-c2nc3ccc(-c4cccc(N5c6ccccc6-n6c7ccccc7c7cccc5c76)c4)cc3o2)cc1. The van der Waals surface area contributed by atoms with E-state index < -0.39 is 0 Å². The standard InChI is InChI=1S/C38H22N4O/c39-23-24-15-17-25(18-16-24)38-40-31-20-19-27(22-36(31)43-38)26-7-5-8-28(21-26)41-33-12-3-4-13-34(33)42-32-11-2-1-9-29(32)30-10-6-14-35(41)37(30)42/h1-22H. The van der Waals surface area contributed by atoms with Gasteiger partial charge in [-0.15, -0.1) is 0 Å². The first-order chi connectivity index (χ1) is 21.3. The summed E-state index contributed by atoms with van der Waals surface area (Å²) in [6, 6.07) is 48.1. The van der Waals surface area contributed by atoms with Crippen molar-refractivity contribution in [2.24, 2.45) is 0 Å². The smallest absolute Gasteiger partial charge is 0.227 e. The molecule has 6 aromatic carbocycles. The Bertz CT molecular complexity index is 2420. The molecule has 0 unspecified atom stereocenters. The Balaban J connectivity index is 1.18. The van der Waals surface area contributed by atoms with E-state index in [9.17, 15) is 0 Å². The summed E-state index contributed by atoms with van der Waals surface area (Å²) in [6.07, 6.45) is 0. The number of anilines is 3. The van der Waals surface area contributed by atoms with Gasteiger partial charge in [-0.2, -0.15) is 5.26 Å². The van der Waals surface area contributed by atoms with Gasteiger partial charge in [0.05, 0.1) is 39.7 Å². The number of aromatic nitrogens is 2. The van der Waals surface area contributed by atoms with E-state index in [2.05, 4.69) is 119 Å². The van der Waals surface area contributed by atoms with Crippen molar-refractivity contribution in [3.8, 4) is 34.3 Å². The molecule has 1 aliphatic heterocycles. The highest BCUT2D eigenvalue weighted by Crippen LogP contribution is 2.49. The number of nitrogens with zero attached hydrogens (tertiary/aromatic N) is 4. The van der Waals surface area contributed by atoms with Gasteiger partial charge in [0.25, 0.3) is 0 Å². The second kappa shape index (κ2) is 8.94. The van der Waals surface area contributed by atoms with Crippen molar-refractivity contribution < 1.29 is 4.42 Å². The Labute approximate surface area is 247 Å². The third-order valence-electron chi connectivity index (χ3n) is 8.36. The van der Waals surface area contributed by atoms with Gasteiger partial charge in [0.2, 0.25) is 5.89 Å². The number of oxazole rings is 1. The lowest BCUT2D eigenvalue weighted by Crippen LogP contribution is -2.18. The van der Waals surface area contributed by atoms with E-state index in [1.165, 1.54) is 21.8 Å². The molecule has 0 N–H and O–H groups in total. The van der Waals surface area contributed by atoms with Gasteiger partial charge in [-0.05, 0) is 83.9 Å². The molecule has 0 fully saturated rings. The van der Waals surface area contributed by atoms with E-state index in [0.29, 0.717) is 11.5 Å². The maximum atomic E-state index is 9.12. The predicted molar refractivity (Wildman–Crippen MR) is 172 cm³/mol. The van der Waals surface area contributed by atoms with Crippen LogP contribution in [0.1, 0.15) is 5.56 Å². The number of benzene rings is 6. The van der Waals surface area contributed by atoms with Crippen molar-refractivity contribution in [2.75, 3.05) is 4.90 Å². The second-order valence-electron chi connectivity index (χ2n) is 10.8. The molecule has 2 aromatic heterocycles. The molecule has 5 heteroatoms. The normalized spacial score (nSPS) is 12.1. The Morgan fingerprint density at radius 1 is 0.605 bits per heavy atom. The van der Waals surface area contributed by atoms with E-state index in [1.807, 2.05) is 18.2 Å². The maximum Gasteiger partial charge on any atom is 0.227 e. The average molecular weight is 551 g/mol. The van der Waals surface area contributed by atoms with Crippen molar-refractivity contribution in [2.45, 2.75) is 0 Å². The highest BCUT2D eigenvalue weighted by Gasteiger charge is 2.28. The van der Waals surface area contributed by atoms with Gasteiger partial charge in [0.1, 0.15) is 5.52 Å². The van der Waals surface area contributed by atoms with Crippen molar-refractivity contribution in [3.05, 3.63) is 139 Å². The van der Waals surface area contributed by atoms with Crippen LogP contribution in [0.15, 0.2) is 138 Å². The number of rotatable bonds is 3. The molecule has 43 heavy (non-hydrogen) atoms. The fraction of sp³-hybridized carbons (Fsp3) is 0. The van der Waals surface area contributed by atoms with Gasteiger partial charge in [-0.1, -0.05) is 60.7 Å². The Morgan fingerprint density at radius 2 is 1.33 bits per heavy atom. The minimum atomic E-state index is 0.541. The molecule has 0 bridgehead atoms. The van der Waals surface area contributed by atoms with Gasteiger partial charge in [0, 0.05) is 22.0 Å². The quantitative estimate of drug-likeness (QED) is 0.220. The summed E-state index contributed by atoms with van der Waals surface area (Å²) in [5.41, 5.74) is 12.1. The van der Waals surface area contributed by atoms with Gasteiger partial charge in [0.15, 0.2) is 5.58 Å². The van der Waals surface area contributed by atoms with Crippen molar-refractivity contribution in [1.82, 2.24) is 9.55 Å².